The third-order valence-electron chi connectivity index (χ3n) is 7.67. The van der Waals surface area contributed by atoms with Gasteiger partial charge in [0, 0.05) is 38.3 Å². The molecule has 1 aromatic carbocycles. The van der Waals surface area contributed by atoms with Crippen molar-refractivity contribution < 1.29 is 22.7 Å². The van der Waals surface area contributed by atoms with Crippen molar-refractivity contribution in [2.24, 2.45) is 0 Å². The molecule has 0 radical (unpaired) electrons. The summed E-state index contributed by atoms with van der Waals surface area (Å²) in [6.07, 6.45) is 8.27. The molecule has 2 atom stereocenters. The van der Waals surface area contributed by atoms with E-state index in [1.54, 1.807) is 6.07 Å². The van der Waals surface area contributed by atoms with Crippen molar-refractivity contribution in [2.45, 2.75) is 82.2 Å². The Kier molecular flexibility index (Phi) is 8.90. The van der Waals surface area contributed by atoms with E-state index < -0.39 is 10.0 Å². The Labute approximate surface area is 215 Å². The van der Waals surface area contributed by atoms with Crippen LogP contribution in [0.5, 0.6) is 5.75 Å². The molecule has 3 aliphatic rings. The molecule has 4 rings (SSSR count). The molecule has 10 heteroatoms. The first kappa shape index (κ1) is 26.9. The third-order valence-corrected chi connectivity index (χ3v) is 9.56. The van der Waals surface area contributed by atoms with Gasteiger partial charge in [0.1, 0.15) is 12.3 Å². The second-order valence-corrected chi connectivity index (χ2v) is 12.2. The summed E-state index contributed by atoms with van der Waals surface area (Å²) >= 11 is 0. The van der Waals surface area contributed by atoms with Gasteiger partial charge < -0.3 is 10.1 Å². The number of ether oxygens (including phenoxy) is 1. The zero-order chi connectivity index (χ0) is 25.7. The van der Waals surface area contributed by atoms with E-state index in [0.29, 0.717) is 43.2 Å². The lowest BCUT2D eigenvalue weighted by molar-refractivity contribution is -0.125. The molecule has 36 heavy (non-hydrogen) atoms. The first-order valence-electron chi connectivity index (χ1n) is 13.4. The standard InChI is InChI=1S/C26H40N4O5S/c1-20-9-7-10-21(2)29(20)16-8-13-27-25(31)18-30-23-17-22(11-12-24(23)35-19-26(30)32)36(33,34)28-14-5-3-4-6-15-28/h11-12,17,20-21H,3-10,13-16,18-19H2,1-2H3,(H,27,31)/t20-,21-/m1/s1. The second-order valence-electron chi connectivity index (χ2n) is 10.3. The van der Waals surface area contributed by atoms with Crippen LogP contribution < -0.4 is 15.0 Å². The average molecular weight is 521 g/mol. The Bertz CT molecular complexity index is 1030. The Hall–Kier alpha value is -2.17. The molecule has 3 aliphatic heterocycles. The molecule has 0 saturated carbocycles. The third kappa shape index (κ3) is 6.20. The summed E-state index contributed by atoms with van der Waals surface area (Å²) in [6, 6.07) is 5.70. The van der Waals surface area contributed by atoms with Crippen molar-refractivity contribution >= 4 is 27.5 Å². The van der Waals surface area contributed by atoms with E-state index in [0.717, 1.165) is 38.6 Å². The van der Waals surface area contributed by atoms with Crippen LogP contribution in [0.25, 0.3) is 0 Å². The van der Waals surface area contributed by atoms with E-state index in [-0.39, 0.29) is 29.9 Å². The van der Waals surface area contributed by atoms with Crippen molar-refractivity contribution in [1.29, 1.82) is 0 Å². The molecule has 2 saturated heterocycles. The normalized spacial score (nSPS) is 24.1. The predicted molar refractivity (Wildman–Crippen MR) is 139 cm³/mol. The number of hydrogen-bond donors (Lipinski definition) is 1. The number of nitrogens with zero attached hydrogens (tertiary/aromatic N) is 3. The monoisotopic (exact) mass is 520 g/mol. The van der Waals surface area contributed by atoms with Crippen LogP contribution >= 0.6 is 0 Å². The Balaban J connectivity index is 1.39. The van der Waals surface area contributed by atoms with Crippen LogP contribution in [0.4, 0.5) is 5.69 Å². The first-order chi connectivity index (χ1) is 17.3. The molecule has 0 aliphatic carbocycles. The molecule has 0 spiro atoms. The van der Waals surface area contributed by atoms with E-state index in [1.165, 1.54) is 40.6 Å². The summed E-state index contributed by atoms with van der Waals surface area (Å²) in [7, 11) is -3.69. The number of amides is 2. The minimum absolute atomic E-state index is 0.122. The Morgan fingerprint density at radius 1 is 1.06 bits per heavy atom. The highest BCUT2D eigenvalue weighted by molar-refractivity contribution is 7.89. The predicted octanol–water partition coefficient (Wildman–Crippen LogP) is 2.75. The summed E-state index contributed by atoms with van der Waals surface area (Å²) in [6.45, 7) is 6.63. The van der Waals surface area contributed by atoms with Crippen LogP contribution in [-0.2, 0) is 19.6 Å². The van der Waals surface area contributed by atoms with Gasteiger partial charge in [0.25, 0.3) is 5.91 Å². The largest absolute Gasteiger partial charge is 0.482 e. The van der Waals surface area contributed by atoms with Crippen LogP contribution in [0, 0.1) is 0 Å². The Morgan fingerprint density at radius 3 is 2.44 bits per heavy atom. The molecule has 2 amide bonds. The molecule has 1 aromatic rings. The summed E-state index contributed by atoms with van der Waals surface area (Å²) in [5.41, 5.74) is 0.327. The van der Waals surface area contributed by atoms with Gasteiger partial charge in [0.15, 0.2) is 6.61 Å². The molecule has 200 valence electrons. The van der Waals surface area contributed by atoms with Crippen molar-refractivity contribution in [1.82, 2.24) is 14.5 Å². The lowest BCUT2D eigenvalue weighted by atomic mass is 9.97. The van der Waals surface area contributed by atoms with Gasteiger partial charge in [-0.05, 0) is 64.2 Å². The molecular weight excluding hydrogens is 480 g/mol. The molecule has 3 heterocycles. The topological polar surface area (TPSA) is 99.3 Å². The number of piperidine rings is 1. The van der Waals surface area contributed by atoms with E-state index in [9.17, 15) is 18.0 Å². The number of rotatable bonds is 8. The number of carbonyl (C=O) groups is 2. The smallest absolute Gasteiger partial charge is 0.265 e. The summed E-state index contributed by atoms with van der Waals surface area (Å²) < 4.78 is 33.6. The number of benzene rings is 1. The van der Waals surface area contributed by atoms with Gasteiger partial charge in [-0.2, -0.15) is 4.31 Å². The maximum Gasteiger partial charge on any atom is 0.265 e. The van der Waals surface area contributed by atoms with Crippen LogP contribution in [0.15, 0.2) is 23.1 Å². The zero-order valence-corrected chi connectivity index (χ0v) is 22.4. The fourth-order valence-corrected chi connectivity index (χ4v) is 7.09. The lowest BCUT2D eigenvalue weighted by Crippen LogP contribution is -2.46. The number of sulfonamides is 1. The van der Waals surface area contributed by atoms with E-state index >= 15 is 0 Å². The van der Waals surface area contributed by atoms with E-state index in [4.69, 9.17) is 4.74 Å². The van der Waals surface area contributed by atoms with Gasteiger partial charge in [-0.3, -0.25) is 19.4 Å². The molecule has 0 unspecified atom stereocenters. The molecule has 0 bridgehead atoms. The van der Waals surface area contributed by atoms with Crippen molar-refractivity contribution in [3.05, 3.63) is 18.2 Å². The number of likely N-dealkylation sites (tertiary alicyclic amines) is 1. The minimum Gasteiger partial charge on any atom is -0.482 e. The number of anilines is 1. The fourth-order valence-electron chi connectivity index (χ4n) is 5.55. The van der Waals surface area contributed by atoms with Gasteiger partial charge in [-0.25, -0.2) is 8.42 Å². The van der Waals surface area contributed by atoms with Crippen molar-refractivity contribution in [2.75, 3.05) is 44.2 Å². The highest BCUT2D eigenvalue weighted by Crippen LogP contribution is 2.35. The second kappa shape index (κ2) is 11.9. The number of fused-ring (bicyclic) bond motifs is 1. The summed E-state index contributed by atoms with van der Waals surface area (Å²) in [5.74, 6) is -0.222. The summed E-state index contributed by atoms with van der Waals surface area (Å²) in [4.78, 5) is 29.4. The maximum atomic E-state index is 13.3. The number of carbonyl (C=O) groups excluding carboxylic acids is 2. The van der Waals surface area contributed by atoms with Crippen molar-refractivity contribution in [3.8, 4) is 5.75 Å². The zero-order valence-electron chi connectivity index (χ0n) is 21.6. The molecular formula is C26H40N4O5S. The molecule has 2 fully saturated rings. The van der Waals surface area contributed by atoms with Gasteiger partial charge in [-0.1, -0.05) is 19.3 Å². The summed E-state index contributed by atoms with van der Waals surface area (Å²) in [5, 5.41) is 2.93. The van der Waals surface area contributed by atoms with Gasteiger partial charge >= 0.3 is 0 Å². The van der Waals surface area contributed by atoms with Gasteiger partial charge in [0.05, 0.1) is 10.6 Å². The molecule has 1 N–H and O–H groups in total. The fraction of sp³-hybridized carbons (Fsp3) is 0.692. The van der Waals surface area contributed by atoms with Crippen molar-refractivity contribution in [3.63, 3.8) is 0 Å². The van der Waals surface area contributed by atoms with E-state index in [2.05, 4.69) is 24.1 Å². The van der Waals surface area contributed by atoms with Crippen LogP contribution in [0.2, 0.25) is 0 Å². The highest BCUT2D eigenvalue weighted by Gasteiger charge is 2.31. The molecule has 0 aromatic heterocycles. The highest BCUT2D eigenvalue weighted by atomic mass is 32.2. The quantitative estimate of drug-likeness (QED) is 0.529. The minimum atomic E-state index is -3.69. The van der Waals surface area contributed by atoms with Crippen LogP contribution in [-0.4, -0.2) is 80.9 Å². The lowest BCUT2D eigenvalue weighted by Gasteiger charge is -2.39. The van der Waals surface area contributed by atoms with Crippen LogP contribution in [0.1, 0.15) is 65.2 Å². The average Bonchev–Trinajstić information content (AvgIpc) is 3.15. The number of hydrogen-bond acceptors (Lipinski definition) is 6. The first-order valence-corrected chi connectivity index (χ1v) is 14.8. The Morgan fingerprint density at radius 2 is 1.75 bits per heavy atom. The van der Waals surface area contributed by atoms with E-state index in [1.807, 2.05) is 0 Å². The van der Waals surface area contributed by atoms with Gasteiger partial charge in [-0.15, -0.1) is 0 Å². The SMILES string of the molecule is C[C@@H]1CCC[C@@H](C)N1CCCNC(=O)CN1C(=O)COc2ccc(S(=O)(=O)N3CCCCCC3)cc21. The van der Waals surface area contributed by atoms with Gasteiger partial charge in [0.2, 0.25) is 15.9 Å². The molecule has 9 nitrogen and oxygen atoms in total. The maximum absolute atomic E-state index is 13.3. The number of nitrogens with one attached hydrogen (secondary N) is 1. The van der Waals surface area contributed by atoms with Crippen LogP contribution in [0.3, 0.4) is 0 Å².